The third-order valence-corrected chi connectivity index (χ3v) is 5.00. The van der Waals surface area contributed by atoms with Crippen LogP contribution in [0.3, 0.4) is 0 Å². The zero-order chi connectivity index (χ0) is 17.2. The summed E-state index contributed by atoms with van der Waals surface area (Å²) in [6.07, 6.45) is 7.67. The molecule has 1 N–H and O–H groups in total. The molecular weight excluding hydrogens is 312 g/mol. The first-order valence-corrected chi connectivity index (χ1v) is 8.98. The van der Waals surface area contributed by atoms with Crippen LogP contribution in [0.5, 0.6) is 0 Å². The number of pyridine rings is 1. The van der Waals surface area contributed by atoms with E-state index < -0.39 is 0 Å². The molecule has 2 aromatic heterocycles. The Labute approximate surface area is 147 Å². The predicted molar refractivity (Wildman–Crippen MR) is 99.4 cm³/mol. The highest BCUT2D eigenvalue weighted by Gasteiger charge is 2.18. The van der Waals surface area contributed by atoms with Crippen molar-refractivity contribution >= 4 is 10.9 Å². The van der Waals surface area contributed by atoms with Crippen LogP contribution < -0.4 is 0 Å². The zero-order valence-electron chi connectivity index (χ0n) is 14.6. The minimum atomic E-state index is -0.388. The topological polar surface area (TPSA) is 54.2 Å². The molecular formula is C20H24N4O. The molecule has 1 aliphatic heterocycles. The van der Waals surface area contributed by atoms with Gasteiger partial charge >= 0.3 is 0 Å². The highest BCUT2D eigenvalue weighted by molar-refractivity contribution is 5.94. The minimum absolute atomic E-state index is 0.388. The second-order valence-corrected chi connectivity index (χ2v) is 6.89. The Morgan fingerprint density at radius 3 is 2.76 bits per heavy atom. The van der Waals surface area contributed by atoms with E-state index in [1.807, 2.05) is 18.5 Å². The van der Waals surface area contributed by atoms with E-state index >= 15 is 0 Å². The number of β-amino-alcohol motifs (C(OH)–C–C–N with tert-alkyl or cyclic N) is 1. The molecule has 4 rings (SSSR count). The van der Waals surface area contributed by atoms with Crippen LogP contribution in [0.4, 0.5) is 0 Å². The number of hydrogen-bond donors (Lipinski definition) is 1. The van der Waals surface area contributed by atoms with E-state index in [0.717, 1.165) is 47.5 Å². The summed E-state index contributed by atoms with van der Waals surface area (Å²) in [6, 6.07) is 8.24. The van der Waals surface area contributed by atoms with Gasteiger partial charge in [-0.2, -0.15) is 0 Å². The number of fused-ring (bicyclic) bond motifs is 1. The number of aromatic nitrogens is 3. The first kappa shape index (κ1) is 16.2. The van der Waals surface area contributed by atoms with E-state index in [9.17, 15) is 5.11 Å². The van der Waals surface area contributed by atoms with Crippen LogP contribution in [0.25, 0.3) is 22.3 Å². The van der Waals surface area contributed by atoms with Crippen molar-refractivity contribution in [1.29, 1.82) is 0 Å². The van der Waals surface area contributed by atoms with Gasteiger partial charge < -0.3 is 14.6 Å². The summed E-state index contributed by atoms with van der Waals surface area (Å²) in [5.41, 5.74) is 3.23. The van der Waals surface area contributed by atoms with Crippen molar-refractivity contribution in [3.8, 4) is 11.4 Å². The van der Waals surface area contributed by atoms with Crippen LogP contribution in [0, 0.1) is 6.92 Å². The third kappa shape index (κ3) is 3.30. The number of benzene rings is 1. The lowest BCUT2D eigenvalue weighted by Gasteiger charge is -2.20. The maximum absolute atomic E-state index is 10.5. The maximum Gasteiger partial charge on any atom is 0.140 e. The Morgan fingerprint density at radius 1 is 1.08 bits per heavy atom. The fourth-order valence-corrected chi connectivity index (χ4v) is 3.76. The second-order valence-electron chi connectivity index (χ2n) is 6.89. The lowest BCUT2D eigenvalue weighted by molar-refractivity contribution is 0.109. The number of aliphatic hydroxyl groups is 1. The van der Waals surface area contributed by atoms with Crippen molar-refractivity contribution < 1.29 is 5.11 Å². The quantitative estimate of drug-likeness (QED) is 0.778. The molecule has 1 unspecified atom stereocenters. The standard InChI is InChI=1S/C20H24N4O/c1-15-6-7-18(17-5-4-8-21-19(15)17)20-22-9-12-24(20)14-16(25)13-23-10-2-3-11-23/h4-9,12,16,25H,2-3,10-11,13-14H2,1H3. The van der Waals surface area contributed by atoms with Gasteiger partial charge in [0.2, 0.25) is 0 Å². The lowest BCUT2D eigenvalue weighted by atomic mass is 10.0. The van der Waals surface area contributed by atoms with Crippen LogP contribution in [0.15, 0.2) is 42.9 Å². The first-order chi connectivity index (χ1) is 12.2. The normalized spacial score (nSPS) is 16.6. The number of likely N-dealkylation sites (tertiary alicyclic amines) is 1. The Hall–Kier alpha value is -2.24. The van der Waals surface area contributed by atoms with Gasteiger partial charge in [-0.25, -0.2) is 4.98 Å². The smallest absolute Gasteiger partial charge is 0.140 e. The molecule has 1 aromatic carbocycles. The minimum Gasteiger partial charge on any atom is -0.390 e. The van der Waals surface area contributed by atoms with Gasteiger partial charge in [-0.3, -0.25) is 4.98 Å². The molecule has 3 heterocycles. The molecule has 1 aliphatic rings. The molecule has 3 aromatic rings. The number of nitrogens with zero attached hydrogens (tertiary/aromatic N) is 4. The SMILES string of the molecule is Cc1ccc(-c2nccn2CC(O)CN2CCCC2)c2cccnc12. The molecule has 1 atom stereocenters. The van der Waals surface area contributed by atoms with Crippen molar-refractivity contribution in [2.24, 2.45) is 0 Å². The fourth-order valence-electron chi connectivity index (χ4n) is 3.76. The van der Waals surface area contributed by atoms with Gasteiger partial charge in [0.1, 0.15) is 5.82 Å². The van der Waals surface area contributed by atoms with E-state index in [2.05, 4.69) is 44.6 Å². The largest absolute Gasteiger partial charge is 0.390 e. The van der Waals surface area contributed by atoms with Crippen LogP contribution >= 0.6 is 0 Å². The Balaban J connectivity index is 1.62. The molecule has 0 amide bonds. The van der Waals surface area contributed by atoms with Gasteiger partial charge in [0.05, 0.1) is 18.2 Å². The summed E-state index contributed by atoms with van der Waals surface area (Å²) in [7, 11) is 0. The van der Waals surface area contributed by atoms with Crippen LogP contribution in [0.1, 0.15) is 18.4 Å². The van der Waals surface area contributed by atoms with Crippen molar-refractivity contribution in [2.45, 2.75) is 32.4 Å². The summed E-state index contributed by atoms with van der Waals surface area (Å²) in [5, 5.41) is 11.6. The van der Waals surface area contributed by atoms with Gasteiger partial charge in [-0.15, -0.1) is 0 Å². The van der Waals surface area contributed by atoms with Crippen LogP contribution in [-0.4, -0.2) is 50.3 Å². The number of imidazole rings is 1. The van der Waals surface area contributed by atoms with Gasteiger partial charge in [-0.05, 0) is 44.5 Å². The number of rotatable bonds is 5. The zero-order valence-corrected chi connectivity index (χ0v) is 14.6. The molecule has 5 heteroatoms. The van der Waals surface area contributed by atoms with Crippen LogP contribution in [0.2, 0.25) is 0 Å². The number of aliphatic hydroxyl groups excluding tert-OH is 1. The molecule has 0 radical (unpaired) electrons. The number of aryl methyl sites for hydroxylation is 1. The Morgan fingerprint density at radius 2 is 1.92 bits per heavy atom. The summed E-state index contributed by atoms with van der Waals surface area (Å²) in [6.45, 7) is 5.56. The first-order valence-electron chi connectivity index (χ1n) is 8.98. The van der Waals surface area contributed by atoms with Crippen molar-refractivity contribution in [2.75, 3.05) is 19.6 Å². The molecule has 5 nitrogen and oxygen atoms in total. The van der Waals surface area contributed by atoms with E-state index in [-0.39, 0.29) is 6.10 Å². The summed E-state index contributed by atoms with van der Waals surface area (Å²) < 4.78 is 2.05. The van der Waals surface area contributed by atoms with E-state index in [1.54, 1.807) is 6.20 Å². The Kier molecular flexibility index (Phi) is 4.51. The predicted octanol–water partition coefficient (Wildman–Crippen LogP) is 2.86. The Bertz CT molecular complexity index is 867. The molecule has 130 valence electrons. The highest BCUT2D eigenvalue weighted by Crippen LogP contribution is 2.28. The lowest BCUT2D eigenvalue weighted by Crippen LogP contribution is -2.32. The molecule has 0 bridgehead atoms. The average Bonchev–Trinajstić information content (AvgIpc) is 3.28. The van der Waals surface area contributed by atoms with Gasteiger partial charge in [0.15, 0.2) is 0 Å². The van der Waals surface area contributed by atoms with Crippen LogP contribution in [-0.2, 0) is 6.54 Å². The van der Waals surface area contributed by atoms with Crippen molar-refractivity contribution in [3.05, 3.63) is 48.4 Å². The van der Waals surface area contributed by atoms with E-state index in [0.29, 0.717) is 6.54 Å². The molecule has 25 heavy (non-hydrogen) atoms. The molecule has 0 spiro atoms. The monoisotopic (exact) mass is 336 g/mol. The number of hydrogen-bond acceptors (Lipinski definition) is 4. The highest BCUT2D eigenvalue weighted by atomic mass is 16.3. The fraction of sp³-hybridized carbons (Fsp3) is 0.400. The average molecular weight is 336 g/mol. The molecule has 1 fully saturated rings. The van der Waals surface area contributed by atoms with E-state index in [1.165, 1.54) is 12.8 Å². The molecule has 0 saturated carbocycles. The van der Waals surface area contributed by atoms with Gasteiger partial charge in [-0.1, -0.05) is 18.2 Å². The van der Waals surface area contributed by atoms with Crippen molar-refractivity contribution in [1.82, 2.24) is 19.4 Å². The van der Waals surface area contributed by atoms with Crippen molar-refractivity contribution in [3.63, 3.8) is 0 Å². The summed E-state index contributed by atoms with van der Waals surface area (Å²) in [4.78, 5) is 11.4. The summed E-state index contributed by atoms with van der Waals surface area (Å²) >= 11 is 0. The molecule has 1 saturated heterocycles. The van der Waals surface area contributed by atoms with Gasteiger partial charge in [0.25, 0.3) is 0 Å². The maximum atomic E-state index is 10.5. The summed E-state index contributed by atoms with van der Waals surface area (Å²) in [5.74, 6) is 0.887. The van der Waals surface area contributed by atoms with E-state index in [4.69, 9.17) is 0 Å². The van der Waals surface area contributed by atoms with Gasteiger partial charge in [0, 0.05) is 36.1 Å². The third-order valence-electron chi connectivity index (χ3n) is 5.00. The molecule has 0 aliphatic carbocycles. The second kappa shape index (κ2) is 6.94.